The maximum absolute atomic E-state index is 12.0. The van der Waals surface area contributed by atoms with Crippen molar-refractivity contribution in [3.05, 3.63) is 17.9 Å². The van der Waals surface area contributed by atoms with E-state index < -0.39 is 16.0 Å². The predicted octanol–water partition coefficient (Wildman–Crippen LogP) is 2.47. The molecule has 1 saturated carbocycles. The summed E-state index contributed by atoms with van der Waals surface area (Å²) in [7, 11) is -3.77. The molecular formula is C14H21NO5S. The van der Waals surface area contributed by atoms with E-state index in [2.05, 4.69) is 11.6 Å². The third kappa shape index (κ3) is 4.31. The average Bonchev–Trinajstić information content (AvgIpc) is 2.89. The number of hydrogen-bond acceptors (Lipinski definition) is 4. The Balaban J connectivity index is 1.87. The van der Waals surface area contributed by atoms with Crippen molar-refractivity contribution in [1.82, 2.24) is 4.72 Å². The highest BCUT2D eigenvalue weighted by atomic mass is 32.2. The smallest absolute Gasteiger partial charge is 0.371 e. The molecule has 0 aliphatic heterocycles. The van der Waals surface area contributed by atoms with Gasteiger partial charge in [-0.25, -0.2) is 17.9 Å². The number of carboxylic acid groups (broad SMARTS) is 1. The number of carboxylic acids is 1. The maximum atomic E-state index is 12.0. The van der Waals surface area contributed by atoms with Crippen LogP contribution in [0.1, 0.15) is 49.6 Å². The van der Waals surface area contributed by atoms with E-state index in [-0.39, 0.29) is 10.9 Å². The van der Waals surface area contributed by atoms with Crippen LogP contribution in [0.15, 0.2) is 21.6 Å². The van der Waals surface area contributed by atoms with Crippen LogP contribution in [0.2, 0.25) is 0 Å². The first-order valence-electron chi connectivity index (χ1n) is 7.21. The fourth-order valence-electron chi connectivity index (χ4n) is 2.87. The van der Waals surface area contributed by atoms with Gasteiger partial charge in [0.2, 0.25) is 10.9 Å². The summed E-state index contributed by atoms with van der Waals surface area (Å²) in [6.07, 6.45) is 5.56. The van der Waals surface area contributed by atoms with Gasteiger partial charge in [0, 0.05) is 6.54 Å². The Hall–Kier alpha value is -1.34. The van der Waals surface area contributed by atoms with Crippen LogP contribution in [0.5, 0.6) is 0 Å². The summed E-state index contributed by atoms with van der Waals surface area (Å²) in [5.74, 6) is -0.393. The second-order valence-corrected chi connectivity index (χ2v) is 7.45. The van der Waals surface area contributed by atoms with Crippen molar-refractivity contribution >= 4 is 16.0 Å². The third-order valence-corrected chi connectivity index (χ3v) is 5.28. The monoisotopic (exact) mass is 315 g/mol. The normalized spacial score (nSPS) is 23.1. The summed E-state index contributed by atoms with van der Waals surface area (Å²) in [5.41, 5.74) is 0. The van der Waals surface area contributed by atoms with Gasteiger partial charge >= 0.3 is 5.97 Å². The highest BCUT2D eigenvalue weighted by Crippen LogP contribution is 2.30. The molecule has 0 aromatic carbocycles. The van der Waals surface area contributed by atoms with Gasteiger partial charge in [0.25, 0.3) is 10.0 Å². The van der Waals surface area contributed by atoms with Crippen molar-refractivity contribution in [3.8, 4) is 0 Å². The number of sulfonamides is 1. The van der Waals surface area contributed by atoms with Gasteiger partial charge in [-0.1, -0.05) is 26.2 Å². The Morgan fingerprint density at radius 2 is 2.19 bits per heavy atom. The molecule has 1 aromatic heterocycles. The summed E-state index contributed by atoms with van der Waals surface area (Å²) >= 11 is 0. The molecule has 7 heteroatoms. The molecule has 1 aromatic rings. The molecule has 0 saturated heterocycles. The second-order valence-electron chi connectivity index (χ2n) is 5.75. The van der Waals surface area contributed by atoms with Gasteiger partial charge in [-0.05, 0) is 36.8 Å². The number of carbonyl (C=O) groups is 1. The molecule has 1 fully saturated rings. The zero-order chi connectivity index (χ0) is 15.5. The largest absolute Gasteiger partial charge is 0.475 e. The lowest BCUT2D eigenvalue weighted by Crippen LogP contribution is -2.27. The Bertz CT molecular complexity index is 592. The number of rotatable bonds is 6. The van der Waals surface area contributed by atoms with Gasteiger partial charge in [-0.15, -0.1) is 0 Å². The molecule has 2 atom stereocenters. The van der Waals surface area contributed by atoms with Crippen molar-refractivity contribution in [1.29, 1.82) is 0 Å². The van der Waals surface area contributed by atoms with Gasteiger partial charge in [0.15, 0.2) is 0 Å². The third-order valence-electron chi connectivity index (χ3n) is 3.95. The van der Waals surface area contributed by atoms with E-state index in [0.29, 0.717) is 18.4 Å². The molecule has 1 aliphatic rings. The summed E-state index contributed by atoms with van der Waals surface area (Å²) in [4.78, 5) is 10.7. The summed E-state index contributed by atoms with van der Waals surface area (Å²) in [6, 6.07) is 2.30. The summed E-state index contributed by atoms with van der Waals surface area (Å²) < 4.78 is 31.2. The lowest BCUT2D eigenvalue weighted by atomic mass is 9.81. The first-order chi connectivity index (χ1) is 9.88. The molecule has 1 aliphatic carbocycles. The van der Waals surface area contributed by atoms with Crippen LogP contribution in [0.25, 0.3) is 0 Å². The molecule has 0 spiro atoms. The molecule has 2 rings (SSSR count). The first-order valence-corrected chi connectivity index (χ1v) is 8.69. The van der Waals surface area contributed by atoms with Gasteiger partial charge in [0.1, 0.15) is 0 Å². The molecule has 1 heterocycles. The van der Waals surface area contributed by atoms with Crippen LogP contribution in [0, 0.1) is 11.8 Å². The van der Waals surface area contributed by atoms with E-state index in [0.717, 1.165) is 31.4 Å². The minimum atomic E-state index is -3.77. The van der Waals surface area contributed by atoms with E-state index in [1.54, 1.807) is 0 Å². The van der Waals surface area contributed by atoms with E-state index >= 15 is 0 Å². The first kappa shape index (κ1) is 16.0. The van der Waals surface area contributed by atoms with E-state index in [4.69, 9.17) is 9.52 Å². The lowest BCUT2D eigenvalue weighted by molar-refractivity contribution is 0.0656. The van der Waals surface area contributed by atoms with Crippen molar-refractivity contribution < 1.29 is 22.7 Å². The second kappa shape index (κ2) is 6.62. The number of aromatic carboxylic acids is 1. The average molecular weight is 315 g/mol. The number of nitrogens with one attached hydrogen (secondary N) is 1. The zero-order valence-corrected chi connectivity index (χ0v) is 12.9. The molecule has 0 radical (unpaired) electrons. The van der Waals surface area contributed by atoms with Crippen LogP contribution < -0.4 is 4.72 Å². The minimum Gasteiger partial charge on any atom is -0.475 e. The van der Waals surface area contributed by atoms with Crippen molar-refractivity contribution in [2.75, 3.05) is 6.54 Å². The van der Waals surface area contributed by atoms with Crippen LogP contribution in [0.4, 0.5) is 0 Å². The van der Waals surface area contributed by atoms with Gasteiger partial charge in [-0.3, -0.25) is 0 Å². The number of furan rings is 1. The Labute approximate surface area is 124 Å². The Morgan fingerprint density at radius 3 is 2.81 bits per heavy atom. The number of hydrogen-bond donors (Lipinski definition) is 2. The molecule has 0 amide bonds. The fraction of sp³-hybridized carbons (Fsp3) is 0.643. The van der Waals surface area contributed by atoms with E-state index in [9.17, 15) is 13.2 Å². The summed E-state index contributed by atoms with van der Waals surface area (Å²) in [6.45, 7) is 2.58. The molecule has 118 valence electrons. The quantitative estimate of drug-likeness (QED) is 0.840. The van der Waals surface area contributed by atoms with Crippen molar-refractivity contribution in [2.24, 2.45) is 11.8 Å². The molecule has 21 heavy (non-hydrogen) atoms. The van der Waals surface area contributed by atoms with Gasteiger partial charge in [0.05, 0.1) is 0 Å². The molecule has 2 unspecified atom stereocenters. The lowest BCUT2D eigenvalue weighted by Gasteiger charge is -2.26. The topological polar surface area (TPSA) is 96.6 Å². The maximum Gasteiger partial charge on any atom is 0.371 e. The highest BCUT2D eigenvalue weighted by Gasteiger charge is 2.22. The van der Waals surface area contributed by atoms with Gasteiger partial charge < -0.3 is 9.52 Å². The van der Waals surface area contributed by atoms with Crippen LogP contribution in [-0.4, -0.2) is 26.0 Å². The molecule has 6 nitrogen and oxygen atoms in total. The Morgan fingerprint density at radius 1 is 1.43 bits per heavy atom. The molecule has 0 bridgehead atoms. The van der Waals surface area contributed by atoms with Crippen molar-refractivity contribution in [2.45, 2.75) is 44.1 Å². The SMILES string of the molecule is CC1CCCC(CCNS(=O)(=O)c2ccc(C(=O)O)o2)C1. The highest BCUT2D eigenvalue weighted by molar-refractivity contribution is 7.89. The van der Waals surface area contributed by atoms with Crippen LogP contribution in [0.3, 0.4) is 0 Å². The molecular weight excluding hydrogens is 294 g/mol. The van der Waals surface area contributed by atoms with Crippen LogP contribution >= 0.6 is 0 Å². The minimum absolute atomic E-state index is 0.350. The van der Waals surface area contributed by atoms with Gasteiger partial charge in [-0.2, -0.15) is 0 Å². The van der Waals surface area contributed by atoms with Crippen molar-refractivity contribution in [3.63, 3.8) is 0 Å². The standard InChI is InChI=1S/C14H21NO5S/c1-10-3-2-4-11(9-10)7-8-15-21(18,19)13-6-5-12(20-13)14(16)17/h5-6,10-11,15H,2-4,7-9H2,1H3,(H,16,17). The van der Waals surface area contributed by atoms with E-state index in [1.165, 1.54) is 12.8 Å². The summed E-state index contributed by atoms with van der Waals surface area (Å²) in [5, 5.41) is 8.38. The fourth-order valence-corrected chi connectivity index (χ4v) is 3.85. The molecule has 2 N–H and O–H groups in total. The van der Waals surface area contributed by atoms with E-state index in [1.807, 2.05) is 0 Å². The Kier molecular flexibility index (Phi) is 5.05. The predicted molar refractivity (Wildman–Crippen MR) is 76.6 cm³/mol. The zero-order valence-electron chi connectivity index (χ0n) is 12.0. The van der Waals surface area contributed by atoms with Crippen LogP contribution in [-0.2, 0) is 10.0 Å².